The number of pyridine rings is 1. The normalized spacial score (nSPS) is 21.4. The van der Waals surface area contributed by atoms with E-state index in [1.54, 1.807) is 12.4 Å². The Kier molecular flexibility index (Phi) is 5.02. The van der Waals surface area contributed by atoms with Crippen LogP contribution in [0, 0.1) is 5.92 Å². The molecule has 1 atom stereocenters. The highest BCUT2D eigenvalue weighted by molar-refractivity contribution is 5.76. The van der Waals surface area contributed by atoms with Gasteiger partial charge in [-0.25, -0.2) is 0 Å². The van der Waals surface area contributed by atoms with Gasteiger partial charge >= 0.3 is 0 Å². The van der Waals surface area contributed by atoms with E-state index in [2.05, 4.69) is 20.5 Å². The number of hydrogen-bond donors (Lipinski definition) is 3. The number of aryl methyl sites for hydroxylation is 1. The van der Waals surface area contributed by atoms with Crippen molar-refractivity contribution in [3.63, 3.8) is 0 Å². The van der Waals surface area contributed by atoms with E-state index in [-0.39, 0.29) is 24.0 Å². The van der Waals surface area contributed by atoms with Gasteiger partial charge in [-0.05, 0) is 49.3 Å². The van der Waals surface area contributed by atoms with Crippen molar-refractivity contribution in [2.24, 2.45) is 5.92 Å². The van der Waals surface area contributed by atoms with Crippen molar-refractivity contribution < 1.29 is 9.90 Å². The fourth-order valence-corrected chi connectivity index (χ4v) is 3.01. The average molecular weight is 314 g/mol. The summed E-state index contributed by atoms with van der Waals surface area (Å²) >= 11 is 0. The second-order valence-corrected chi connectivity index (χ2v) is 6.15. The van der Waals surface area contributed by atoms with Crippen molar-refractivity contribution in [1.29, 1.82) is 0 Å². The fraction of sp³-hybridized carbons (Fsp3) is 0.471. The minimum absolute atomic E-state index is 0.0329. The van der Waals surface area contributed by atoms with Gasteiger partial charge in [0.05, 0.1) is 24.0 Å². The first-order chi connectivity index (χ1) is 11.2. The number of rotatable bonds is 7. The molecule has 0 radical (unpaired) electrons. The molecule has 3 rings (SSSR count). The van der Waals surface area contributed by atoms with Crippen LogP contribution in [-0.4, -0.2) is 32.3 Å². The largest absolute Gasteiger partial charge is 0.393 e. The van der Waals surface area contributed by atoms with E-state index >= 15 is 0 Å². The molecule has 6 heteroatoms. The van der Waals surface area contributed by atoms with Crippen LogP contribution in [0.4, 0.5) is 0 Å². The minimum Gasteiger partial charge on any atom is -0.393 e. The topological polar surface area (TPSA) is 90.9 Å². The molecule has 0 aromatic carbocycles. The Bertz CT molecular complexity index is 609. The smallest absolute Gasteiger partial charge is 0.220 e. The van der Waals surface area contributed by atoms with Crippen molar-refractivity contribution in [2.75, 3.05) is 0 Å². The summed E-state index contributed by atoms with van der Waals surface area (Å²) in [6.45, 7) is 0. The summed E-state index contributed by atoms with van der Waals surface area (Å²) in [5, 5.41) is 19.3. The molecule has 122 valence electrons. The number of nitrogens with one attached hydrogen (secondary N) is 2. The number of aliphatic hydroxyl groups excluding tert-OH is 1. The van der Waals surface area contributed by atoms with E-state index < -0.39 is 0 Å². The predicted octanol–water partition coefficient (Wildman–Crippen LogP) is 1.76. The average Bonchev–Trinajstić information content (AvgIpc) is 3.04. The Morgan fingerprint density at radius 2 is 2.30 bits per heavy atom. The maximum atomic E-state index is 12.3. The first-order valence-corrected chi connectivity index (χ1v) is 8.08. The zero-order chi connectivity index (χ0) is 16.1. The molecule has 6 nitrogen and oxygen atoms in total. The second kappa shape index (κ2) is 7.37. The van der Waals surface area contributed by atoms with Crippen LogP contribution in [0.3, 0.4) is 0 Å². The summed E-state index contributed by atoms with van der Waals surface area (Å²) in [4.78, 5) is 16.6. The number of carbonyl (C=O) groups is 1. The van der Waals surface area contributed by atoms with Crippen molar-refractivity contribution in [1.82, 2.24) is 20.5 Å². The maximum Gasteiger partial charge on any atom is 0.220 e. The molecule has 2 aromatic rings. The molecule has 1 amide bonds. The zero-order valence-electron chi connectivity index (χ0n) is 13.0. The number of carbonyl (C=O) groups excluding carboxylic acids is 1. The van der Waals surface area contributed by atoms with Crippen LogP contribution in [0.15, 0.2) is 36.8 Å². The standard InChI is InChI=1S/C17H22N4O2/c22-14-8-13(9-14)17(15-5-1-2-7-18-15)21-16(23)6-3-4-12-10-19-20-11-12/h1-2,5,7,10-11,13-14,17,22H,3-4,6,8-9H2,(H,19,20)(H,21,23). The lowest BCUT2D eigenvalue weighted by atomic mass is 9.76. The molecule has 0 bridgehead atoms. The fourth-order valence-electron chi connectivity index (χ4n) is 3.01. The number of aromatic amines is 1. The molecule has 1 aliphatic carbocycles. The lowest BCUT2D eigenvalue weighted by Gasteiger charge is -2.37. The lowest BCUT2D eigenvalue weighted by molar-refractivity contribution is -0.123. The number of amides is 1. The first kappa shape index (κ1) is 15.7. The Hall–Kier alpha value is -2.21. The molecule has 1 aliphatic rings. The summed E-state index contributed by atoms with van der Waals surface area (Å²) in [6.07, 6.45) is 8.66. The third-order valence-corrected chi connectivity index (χ3v) is 4.37. The van der Waals surface area contributed by atoms with Gasteiger partial charge in [0.1, 0.15) is 0 Å². The predicted molar refractivity (Wildman–Crippen MR) is 85.4 cm³/mol. The van der Waals surface area contributed by atoms with E-state index in [0.29, 0.717) is 6.42 Å². The van der Waals surface area contributed by atoms with Crippen LogP contribution in [0.5, 0.6) is 0 Å². The zero-order valence-corrected chi connectivity index (χ0v) is 13.0. The van der Waals surface area contributed by atoms with Crippen LogP contribution < -0.4 is 5.32 Å². The van der Waals surface area contributed by atoms with Crippen molar-refractivity contribution in [3.8, 4) is 0 Å². The number of nitrogens with zero attached hydrogens (tertiary/aromatic N) is 2. The SMILES string of the molecule is O=C(CCCc1cn[nH]c1)NC(c1ccccn1)C1CC(O)C1. The first-order valence-electron chi connectivity index (χ1n) is 8.08. The number of aliphatic hydroxyl groups is 1. The van der Waals surface area contributed by atoms with E-state index in [0.717, 1.165) is 36.9 Å². The molecule has 1 fully saturated rings. The van der Waals surface area contributed by atoms with Gasteiger partial charge in [0.15, 0.2) is 0 Å². The Labute approximate surface area is 135 Å². The molecule has 23 heavy (non-hydrogen) atoms. The van der Waals surface area contributed by atoms with Crippen molar-refractivity contribution >= 4 is 5.91 Å². The Morgan fingerprint density at radius 1 is 1.43 bits per heavy atom. The lowest BCUT2D eigenvalue weighted by Crippen LogP contribution is -2.41. The van der Waals surface area contributed by atoms with Crippen LogP contribution >= 0.6 is 0 Å². The number of H-pyrrole nitrogens is 1. The molecule has 2 heterocycles. The van der Waals surface area contributed by atoms with Gasteiger partial charge < -0.3 is 10.4 Å². The van der Waals surface area contributed by atoms with Gasteiger partial charge in [-0.15, -0.1) is 0 Å². The quantitative estimate of drug-likeness (QED) is 0.726. The van der Waals surface area contributed by atoms with E-state index in [9.17, 15) is 9.90 Å². The summed E-state index contributed by atoms with van der Waals surface area (Å²) < 4.78 is 0. The van der Waals surface area contributed by atoms with Crippen LogP contribution in [0.1, 0.15) is 43.0 Å². The molecular weight excluding hydrogens is 292 g/mol. The van der Waals surface area contributed by atoms with Gasteiger partial charge in [0.2, 0.25) is 5.91 Å². The van der Waals surface area contributed by atoms with E-state index in [1.807, 2.05) is 24.4 Å². The van der Waals surface area contributed by atoms with Gasteiger partial charge in [-0.3, -0.25) is 14.9 Å². The molecule has 1 unspecified atom stereocenters. The molecule has 1 saturated carbocycles. The second-order valence-electron chi connectivity index (χ2n) is 6.15. The highest BCUT2D eigenvalue weighted by atomic mass is 16.3. The molecule has 0 aliphatic heterocycles. The van der Waals surface area contributed by atoms with Gasteiger partial charge in [0.25, 0.3) is 0 Å². The summed E-state index contributed by atoms with van der Waals surface area (Å²) in [6, 6.07) is 5.61. The molecular formula is C17H22N4O2. The Balaban J connectivity index is 1.54. The third-order valence-electron chi connectivity index (χ3n) is 4.37. The van der Waals surface area contributed by atoms with Gasteiger partial charge in [0, 0.05) is 18.8 Å². The van der Waals surface area contributed by atoms with Crippen LogP contribution in [0.25, 0.3) is 0 Å². The third kappa shape index (κ3) is 4.16. The van der Waals surface area contributed by atoms with Crippen LogP contribution in [-0.2, 0) is 11.2 Å². The van der Waals surface area contributed by atoms with E-state index in [4.69, 9.17) is 0 Å². The molecule has 0 saturated heterocycles. The van der Waals surface area contributed by atoms with Crippen molar-refractivity contribution in [2.45, 2.75) is 44.2 Å². The summed E-state index contributed by atoms with van der Waals surface area (Å²) in [7, 11) is 0. The monoisotopic (exact) mass is 314 g/mol. The molecule has 3 N–H and O–H groups in total. The summed E-state index contributed by atoms with van der Waals surface area (Å²) in [5.41, 5.74) is 1.98. The van der Waals surface area contributed by atoms with Crippen molar-refractivity contribution in [3.05, 3.63) is 48.0 Å². The Morgan fingerprint density at radius 3 is 2.96 bits per heavy atom. The highest BCUT2D eigenvalue weighted by Crippen LogP contribution is 2.37. The van der Waals surface area contributed by atoms with Crippen LogP contribution in [0.2, 0.25) is 0 Å². The van der Waals surface area contributed by atoms with Gasteiger partial charge in [-0.1, -0.05) is 6.07 Å². The number of aromatic nitrogens is 3. The van der Waals surface area contributed by atoms with Gasteiger partial charge in [-0.2, -0.15) is 5.10 Å². The maximum absolute atomic E-state index is 12.3. The number of hydrogen-bond acceptors (Lipinski definition) is 4. The molecule has 0 spiro atoms. The minimum atomic E-state index is -0.246. The highest BCUT2D eigenvalue weighted by Gasteiger charge is 2.36. The summed E-state index contributed by atoms with van der Waals surface area (Å²) in [5.74, 6) is 0.295. The molecule has 2 aromatic heterocycles. The van der Waals surface area contributed by atoms with E-state index in [1.165, 1.54) is 0 Å².